The Morgan fingerprint density at radius 2 is 1.81 bits per heavy atom. The van der Waals surface area contributed by atoms with Crippen molar-refractivity contribution < 1.29 is 9.53 Å². The first-order valence-electron chi connectivity index (χ1n) is 9.64. The van der Waals surface area contributed by atoms with Gasteiger partial charge in [-0.05, 0) is 57.8 Å². The zero-order valence-electron chi connectivity index (χ0n) is 15.8. The van der Waals surface area contributed by atoms with Gasteiger partial charge in [0.05, 0.1) is 29.5 Å². The van der Waals surface area contributed by atoms with Gasteiger partial charge in [-0.2, -0.15) is 0 Å². The summed E-state index contributed by atoms with van der Waals surface area (Å²) in [4.78, 5) is 17.1. The maximum absolute atomic E-state index is 12.3. The van der Waals surface area contributed by atoms with E-state index >= 15 is 0 Å². The molecule has 0 aromatic heterocycles. The molecule has 2 aliphatic rings. The van der Waals surface area contributed by atoms with E-state index in [0.29, 0.717) is 29.5 Å². The number of rotatable bonds is 5. The number of halogens is 1. The van der Waals surface area contributed by atoms with Crippen molar-refractivity contribution in [2.45, 2.75) is 38.9 Å². The highest BCUT2D eigenvalue weighted by Crippen LogP contribution is 2.22. The minimum absolute atomic E-state index is 0.00683. The summed E-state index contributed by atoms with van der Waals surface area (Å²) < 4.78 is 5.82. The van der Waals surface area contributed by atoms with Crippen LogP contribution in [-0.2, 0) is 9.53 Å². The summed E-state index contributed by atoms with van der Waals surface area (Å²) in [5, 5.41) is 3.49. The van der Waals surface area contributed by atoms with E-state index in [9.17, 15) is 4.79 Å². The van der Waals surface area contributed by atoms with E-state index in [0.717, 1.165) is 51.5 Å². The Kier molecular flexibility index (Phi) is 6.92. The van der Waals surface area contributed by atoms with Crippen LogP contribution in [0.5, 0.6) is 0 Å². The minimum atomic E-state index is 0.00683. The second-order valence-corrected chi connectivity index (χ2v) is 8.13. The van der Waals surface area contributed by atoms with Gasteiger partial charge in [-0.1, -0.05) is 23.7 Å². The molecule has 0 saturated carbocycles. The highest BCUT2D eigenvalue weighted by atomic mass is 35.5. The van der Waals surface area contributed by atoms with Gasteiger partial charge in [0.1, 0.15) is 0 Å². The first kappa shape index (κ1) is 19.6. The van der Waals surface area contributed by atoms with E-state index in [1.54, 1.807) is 6.07 Å². The van der Waals surface area contributed by atoms with E-state index in [1.807, 2.05) is 18.2 Å². The third-order valence-corrected chi connectivity index (χ3v) is 5.56. The van der Waals surface area contributed by atoms with E-state index in [2.05, 4.69) is 29.0 Å². The monoisotopic (exact) mass is 379 g/mol. The van der Waals surface area contributed by atoms with E-state index in [1.165, 1.54) is 0 Å². The molecular formula is C20H30ClN3O2. The maximum Gasteiger partial charge on any atom is 0.238 e. The van der Waals surface area contributed by atoms with Crippen LogP contribution in [-0.4, -0.2) is 67.2 Å². The summed E-state index contributed by atoms with van der Waals surface area (Å²) in [5.74, 6) is 0.725. The van der Waals surface area contributed by atoms with Gasteiger partial charge in [0.2, 0.25) is 5.91 Å². The van der Waals surface area contributed by atoms with Crippen LogP contribution >= 0.6 is 11.6 Å². The number of benzene rings is 1. The Hall–Kier alpha value is -1.14. The zero-order chi connectivity index (χ0) is 18.5. The van der Waals surface area contributed by atoms with Gasteiger partial charge in [-0.25, -0.2) is 0 Å². The number of nitrogens with zero attached hydrogens (tertiary/aromatic N) is 2. The number of morpholine rings is 1. The standard InChI is InChI=1S/C20H30ClN3O2/c1-15-11-24(12-16(2)26-15)13-17-7-9-23(10-8-17)14-20(25)22-19-6-4-3-5-18(19)21/h3-6,15-17H,7-14H2,1-2H3,(H,22,25). The summed E-state index contributed by atoms with van der Waals surface area (Å²) in [6, 6.07) is 7.35. The number of nitrogens with one attached hydrogen (secondary N) is 1. The quantitative estimate of drug-likeness (QED) is 0.853. The van der Waals surface area contributed by atoms with Gasteiger partial charge < -0.3 is 10.1 Å². The van der Waals surface area contributed by atoms with Crippen molar-refractivity contribution >= 4 is 23.2 Å². The molecule has 26 heavy (non-hydrogen) atoms. The molecule has 1 amide bonds. The molecule has 2 saturated heterocycles. The highest BCUT2D eigenvalue weighted by Gasteiger charge is 2.27. The fourth-order valence-electron chi connectivity index (χ4n) is 4.08. The zero-order valence-corrected chi connectivity index (χ0v) is 16.5. The molecule has 2 unspecified atom stereocenters. The third kappa shape index (κ3) is 5.68. The second-order valence-electron chi connectivity index (χ2n) is 7.72. The second kappa shape index (κ2) is 9.18. The molecular weight excluding hydrogens is 350 g/mol. The van der Waals surface area contributed by atoms with Gasteiger partial charge >= 0.3 is 0 Å². The summed E-state index contributed by atoms with van der Waals surface area (Å²) in [6.45, 7) is 9.93. The van der Waals surface area contributed by atoms with Crippen molar-refractivity contribution in [1.82, 2.24) is 9.80 Å². The van der Waals surface area contributed by atoms with Crippen molar-refractivity contribution in [1.29, 1.82) is 0 Å². The third-order valence-electron chi connectivity index (χ3n) is 5.23. The molecule has 1 N–H and O–H groups in total. The smallest absolute Gasteiger partial charge is 0.238 e. The lowest BCUT2D eigenvalue weighted by Gasteiger charge is -2.39. The van der Waals surface area contributed by atoms with Crippen LogP contribution in [0.25, 0.3) is 0 Å². The molecule has 144 valence electrons. The lowest BCUT2D eigenvalue weighted by atomic mass is 9.95. The van der Waals surface area contributed by atoms with Crippen molar-refractivity contribution in [2.75, 3.05) is 44.6 Å². The van der Waals surface area contributed by atoms with Gasteiger partial charge in [-0.3, -0.25) is 14.6 Å². The van der Waals surface area contributed by atoms with Crippen LogP contribution in [0.2, 0.25) is 5.02 Å². The number of carbonyl (C=O) groups excluding carboxylic acids is 1. The van der Waals surface area contributed by atoms with Crippen LogP contribution in [0.1, 0.15) is 26.7 Å². The van der Waals surface area contributed by atoms with Crippen molar-refractivity contribution in [2.24, 2.45) is 5.92 Å². The van der Waals surface area contributed by atoms with Crippen LogP contribution < -0.4 is 5.32 Å². The molecule has 0 spiro atoms. The first-order chi connectivity index (χ1) is 12.5. The minimum Gasteiger partial charge on any atom is -0.373 e. The number of ether oxygens (including phenoxy) is 1. The average molecular weight is 380 g/mol. The SMILES string of the molecule is CC1CN(CC2CCN(CC(=O)Nc3ccccc3Cl)CC2)CC(C)O1. The van der Waals surface area contributed by atoms with Crippen LogP contribution in [0, 0.1) is 5.92 Å². The Morgan fingerprint density at radius 3 is 2.46 bits per heavy atom. The molecule has 2 atom stereocenters. The number of para-hydroxylation sites is 1. The summed E-state index contributed by atoms with van der Waals surface area (Å²) in [6.07, 6.45) is 2.96. The number of likely N-dealkylation sites (tertiary alicyclic amines) is 1. The molecule has 1 aromatic rings. The molecule has 0 radical (unpaired) electrons. The Balaban J connectivity index is 1.39. The largest absolute Gasteiger partial charge is 0.373 e. The summed E-state index contributed by atoms with van der Waals surface area (Å²) in [5.41, 5.74) is 0.685. The Labute approximate surface area is 161 Å². The number of amides is 1. The molecule has 3 rings (SSSR count). The van der Waals surface area contributed by atoms with E-state index < -0.39 is 0 Å². The molecule has 0 bridgehead atoms. The van der Waals surface area contributed by atoms with Crippen LogP contribution in [0.3, 0.4) is 0 Å². The van der Waals surface area contributed by atoms with Gasteiger partial charge in [-0.15, -0.1) is 0 Å². The van der Waals surface area contributed by atoms with Crippen molar-refractivity contribution in [3.8, 4) is 0 Å². The van der Waals surface area contributed by atoms with Crippen LogP contribution in [0.15, 0.2) is 24.3 Å². The number of piperidine rings is 1. The topological polar surface area (TPSA) is 44.8 Å². The van der Waals surface area contributed by atoms with Crippen LogP contribution in [0.4, 0.5) is 5.69 Å². The average Bonchev–Trinajstić information content (AvgIpc) is 2.58. The molecule has 0 aliphatic carbocycles. The normalized spacial score (nSPS) is 26.0. The Morgan fingerprint density at radius 1 is 1.15 bits per heavy atom. The Bertz CT molecular complexity index is 594. The lowest BCUT2D eigenvalue weighted by Crippen LogP contribution is -2.48. The van der Waals surface area contributed by atoms with Gasteiger partial charge in [0.15, 0.2) is 0 Å². The van der Waals surface area contributed by atoms with Crippen molar-refractivity contribution in [3.05, 3.63) is 29.3 Å². The summed E-state index contributed by atoms with van der Waals surface area (Å²) >= 11 is 6.10. The lowest BCUT2D eigenvalue weighted by molar-refractivity contribution is -0.117. The molecule has 5 nitrogen and oxygen atoms in total. The maximum atomic E-state index is 12.3. The molecule has 2 aliphatic heterocycles. The fourth-order valence-corrected chi connectivity index (χ4v) is 4.26. The predicted octanol–water partition coefficient (Wildman–Crippen LogP) is 3.10. The molecule has 2 heterocycles. The van der Waals surface area contributed by atoms with Gasteiger partial charge in [0, 0.05) is 19.6 Å². The predicted molar refractivity (Wildman–Crippen MR) is 106 cm³/mol. The van der Waals surface area contributed by atoms with Crippen molar-refractivity contribution in [3.63, 3.8) is 0 Å². The fraction of sp³-hybridized carbons (Fsp3) is 0.650. The summed E-state index contributed by atoms with van der Waals surface area (Å²) in [7, 11) is 0. The number of hydrogen-bond acceptors (Lipinski definition) is 4. The number of hydrogen-bond donors (Lipinski definition) is 1. The highest BCUT2D eigenvalue weighted by molar-refractivity contribution is 6.33. The molecule has 1 aromatic carbocycles. The molecule has 6 heteroatoms. The van der Waals surface area contributed by atoms with Gasteiger partial charge in [0.25, 0.3) is 0 Å². The number of carbonyl (C=O) groups is 1. The number of anilines is 1. The first-order valence-corrected chi connectivity index (χ1v) is 10.0. The molecule has 2 fully saturated rings. The van der Waals surface area contributed by atoms with E-state index in [-0.39, 0.29) is 5.91 Å². The van der Waals surface area contributed by atoms with E-state index in [4.69, 9.17) is 16.3 Å².